The van der Waals surface area contributed by atoms with Gasteiger partial charge in [-0.05, 0) is 43.7 Å². The van der Waals surface area contributed by atoms with Crippen molar-refractivity contribution in [1.29, 1.82) is 0 Å². The number of hydrogen-bond acceptors (Lipinski definition) is 7. The van der Waals surface area contributed by atoms with E-state index in [4.69, 9.17) is 33.1 Å². The van der Waals surface area contributed by atoms with Crippen molar-refractivity contribution >= 4 is 50.6 Å². The van der Waals surface area contributed by atoms with Crippen LogP contribution >= 0.6 is 23.2 Å². The van der Waals surface area contributed by atoms with Crippen molar-refractivity contribution in [3.8, 4) is 0 Å². The molecule has 0 saturated carbocycles. The number of carboxylic acids is 1. The largest absolute Gasteiger partial charge is 0.550 e. The van der Waals surface area contributed by atoms with Crippen LogP contribution in [0.3, 0.4) is 0 Å². The molecule has 0 bridgehead atoms. The molecular formula is C25H29Cl2N5O4S. The van der Waals surface area contributed by atoms with Crippen molar-refractivity contribution in [2.45, 2.75) is 31.3 Å². The third-order valence-electron chi connectivity index (χ3n) is 5.03. The lowest BCUT2D eigenvalue weighted by Gasteiger charge is -2.13. The van der Waals surface area contributed by atoms with Gasteiger partial charge in [0.05, 0.1) is 27.2 Å². The normalized spacial score (nSPS) is 12.3. The van der Waals surface area contributed by atoms with Gasteiger partial charge in [0, 0.05) is 38.2 Å². The second kappa shape index (κ2) is 14.2. The maximum Gasteiger partial charge on any atom is 0.242 e. The molecule has 37 heavy (non-hydrogen) atoms. The van der Waals surface area contributed by atoms with Gasteiger partial charge in [-0.25, -0.2) is 17.3 Å². The first-order valence-electron chi connectivity index (χ1n) is 11.2. The number of benzene rings is 2. The molecule has 9 nitrogen and oxygen atoms in total. The molecule has 0 radical (unpaired) electrons. The summed E-state index contributed by atoms with van der Waals surface area (Å²) in [7, 11) is -0.781. The first-order valence-corrected chi connectivity index (χ1v) is 13.4. The number of aliphatic carboxylic acids is 1. The van der Waals surface area contributed by atoms with Gasteiger partial charge >= 0.3 is 0 Å². The van der Waals surface area contributed by atoms with Gasteiger partial charge in [0.25, 0.3) is 0 Å². The molecule has 1 aromatic heterocycles. The highest BCUT2D eigenvalue weighted by atomic mass is 35.5. The minimum atomic E-state index is -3.66. The Morgan fingerprint density at radius 1 is 1.05 bits per heavy atom. The van der Waals surface area contributed by atoms with Crippen molar-refractivity contribution in [1.82, 2.24) is 9.62 Å². The van der Waals surface area contributed by atoms with E-state index in [1.165, 1.54) is 26.2 Å². The van der Waals surface area contributed by atoms with E-state index in [0.717, 1.165) is 29.9 Å². The Kier molecular flexibility index (Phi) is 11.6. The monoisotopic (exact) mass is 565 g/mol. The van der Waals surface area contributed by atoms with E-state index >= 15 is 0 Å². The number of rotatable bonds is 9. The van der Waals surface area contributed by atoms with Crippen LogP contribution < -0.4 is 15.0 Å². The number of hydrogen-bond donors (Lipinski definition) is 1. The number of sulfonamides is 1. The quantitative estimate of drug-likeness (QED) is 0.310. The van der Waals surface area contributed by atoms with Crippen LogP contribution in [0.15, 0.2) is 82.1 Å². The van der Waals surface area contributed by atoms with Crippen LogP contribution in [0, 0.1) is 0 Å². The summed E-state index contributed by atoms with van der Waals surface area (Å²) in [5.41, 5.74) is 1.97. The van der Waals surface area contributed by atoms with Gasteiger partial charge in [-0.1, -0.05) is 41.4 Å². The van der Waals surface area contributed by atoms with E-state index in [2.05, 4.69) is 27.0 Å². The fourth-order valence-electron chi connectivity index (χ4n) is 3.05. The predicted molar refractivity (Wildman–Crippen MR) is 142 cm³/mol. The number of carbonyl (C=O) groups is 1. The third-order valence-corrected chi connectivity index (χ3v) is 7.39. The number of aromatic nitrogens is 1. The van der Waals surface area contributed by atoms with Gasteiger partial charge in [0.15, 0.2) is 18.9 Å². The minimum absolute atomic E-state index is 0.00189. The lowest BCUT2D eigenvalue weighted by atomic mass is 10.1. The molecule has 198 valence electrons. The Bertz CT molecular complexity index is 1290. The third kappa shape index (κ3) is 9.49. The van der Waals surface area contributed by atoms with E-state index in [1.807, 2.05) is 54.9 Å². The van der Waals surface area contributed by atoms with Crippen LogP contribution in [-0.2, 0) is 21.4 Å². The topological polar surface area (TPSA) is 118 Å². The van der Waals surface area contributed by atoms with Crippen LogP contribution in [-0.4, -0.2) is 39.3 Å². The summed E-state index contributed by atoms with van der Waals surface area (Å²) in [4.78, 5) is 8.89. The maximum absolute atomic E-state index is 12.3. The van der Waals surface area contributed by atoms with E-state index in [0.29, 0.717) is 5.69 Å². The number of carboxylic acid groups (broad SMARTS) is 1. The number of azo groups is 1. The molecular weight excluding hydrogens is 537 g/mol. The summed E-state index contributed by atoms with van der Waals surface area (Å²) in [6.45, 7) is 4.80. The van der Waals surface area contributed by atoms with E-state index in [9.17, 15) is 8.42 Å². The average molecular weight is 567 g/mol. The first-order chi connectivity index (χ1) is 17.4. The zero-order chi connectivity index (χ0) is 27.6. The van der Waals surface area contributed by atoms with Crippen molar-refractivity contribution in [3.05, 3.63) is 82.6 Å². The van der Waals surface area contributed by atoms with Crippen molar-refractivity contribution in [2.75, 3.05) is 20.6 Å². The number of pyridine rings is 1. The second-order valence-electron chi connectivity index (χ2n) is 8.10. The summed E-state index contributed by atoms with van der Waals surface area (Å²) in [5, 5.41) is 20.9. The Balaban J connectivity index is 0.00000112. The fraction of sp³-hybridized carbons (Fsp3) is 0.280. The van der Waals surface area contributed by atoms with Crippen LogP contribution in [0.4, 0.5) is 11.4 Å². The van der Waals surface area contributed by atoms with Crippen molar-refractivity contribution in [3.63, 3.8) is 0 Å². The molecule has 1 atom stereocenters. The molecule has 2 aromatic carbocycles. The molecule has 1 unspecified atom stereocenters. The molecule has 1 N–H and O–H groups in total. The molecule has 0 aliphatic heterocycles. The number of halogens is 2. The Morgan fingerprint density at radius 2 is 1.59 bits per heavy atom. The Labute approximate surface area is 227 Å². The molecule has 0 amide bonds. The zero-order valence-electron chi connectivity index (χ0n) is 20.9. The Morgan fingerprint density at radius 3 is 2.11 bits per heavy atom. The summed E-state index contributed by atoms with van der Waals surface area (Å²) < 4.78 is 27.8. The standard InChI is InChI=1S/C23H26Cl2N5O2S.C2H4O2/c1-17(26-11-14-30-12-5-4-6-13-30)18-7-9-19(10-8-18)27-28-23-21(24)15-20(16-22(23)25)33(31,32)29(2)3;1-2(3)4/h4-10,12-13,15-17,26H,11,14H2,1-3H3;1H3,(H,3,4)/q+1;/p-1. The summed E-state index contributed by atoms with van der Waals surface area (Å²) >= 11 is 12.5. The van der Waals surface area contributed by atoms with Gasteiger partial charge in [-0.2, -0.15) is 5.11 Å². The van der Waals surface area contributed by atoms with E-state index in [1.54, 1.807) is 0 Å². The molecule has 3 rings (SSSR count). The highest BCUT2D eigenvalue weighted by Crippen LogP contribution is 2.37. The van der Waals surface area contributed by atoms with Gasteiger partial charge < -0.3 is 15.2 Å². The lowest BCUT2D eigenvalue weighted by Crippen LogP contribution is -2.38. The molecule has 0 aliphatic carbocycles. The second-order valence-corrected chi connectivity index (χ2v) is 11.1. The van der Waals surface area contributed by atoms with Gasteiger partial charge in [-0.3, -0.25) is 0 Å². The molecule has 3 aromatic rings. The number of nitrogens with zero attached hydrogens (tertiary/aromatic N) is 4. The van der Waals surface area contributed by atoms with Crippen LogP contribution in [0.2, 0.25) is 10.0 Å². The Hall–Kier alpha value is -2.89. The summed E-state index contributed by atoms with van der Waals surface area (Å²) in [6.07, 6.45) is 4.08. The molecule has 0 spiro atoms. The molecule has 1 heterocycles. The van der Waals surface area contributed by atoms with Crippen LogP contribution in [0.1, 0.15) is 25.5 Å². The predicted octanol–water partition coefficient (Wildman–Crippen LogP) is 4.05. The highest BCUT2D eigenvalue weighted by Gasteiger charge is 2.20. The molecule has 0 fully saturated rings. The highest BCUT2D eigenvalue weighted by molar-refractivity contribution is 7.89. The van der Waals surface area contributed by atoms with Crippen molar-refractivity contribution in [2.24, 2.45) is 10.2 Å². The SMILES string of the molecule is CC(=O)[O-].CC(NCC[n+]1ccccc1)c1ccc(N=Nc2c(Cl)cc(S(=O)(=O)N(C)C)cc2Cl)cc1. The average Bonchev–Trinajstić information content (AvgIpc) is 2.84. The zero-order valence-corrected chi connectivity index (χ0v) is 23.3. The van der Waals surface area contributed by atoms with Crippen molar-refractivity contribution < 1.29 is 22.9 Å². The van der Waals surface area contributed by atoms with Gasteiger partial charge in [0.1, 0.15) is 5.69 Å². The van der Waals surface area contributed by atoms with Crippen LogP contribution in [0.25, 0.3) is 0 Å². The fourth-order valence-corrected chi connectivity index (χ4v) is 4.69. The summed E-state index contributed by atoms with van der Waals surface area (Å²) in [5.74, 6) is -1.08. The maximum atomic E-state index is 12.3. The van der Waals surface area contributed by atoms with Gasteiger partial charge in [0.2, 0.25) is 10.0 Å². The smallest absolute Gasteiger partial charge is 0.242 e. The summed E-state index contributed by atoms with van der Waals surface area (Å²) in [6, 6.07) is 16.5. The minimum Gasteiger partial charge on any atom is -0.550 e. The molecule has 0 saturated heterocycles. The molecule has 0 aliphatic rings. The van der Waals surface area contributed by atoms with E-state index < -0.39 is 16.0 Å². The number of carbonyl (C=O) groups excluding carboxylic acids is 1. The van der Waals surface area contributed by atoms with Crippen LogP contribution in [0.5, 0.6) is 0 Å². The molecule has 12 heteroatoms. The van der Waals surface area contributed by atoms with E-state index in [-0.39, 0.29) is 26.7 Å². The number of nitrogens with one attached hydrogen (secondary N) is 1. The van der Waals surface area contributed by atoms with Gasteiger partial charge in [-0.15, -0.1) is 5.11 Å². The first kappa shape index (κ1) is 30.3. The lowest BCUT2D eigenvalue weighted by molar-refractivity contribution is -0.695.